The van der Waals surface area contributed by atoms with E-state index in [2.05, 4.69) is 89.4 Å². The Morgan fingerprint density at radius 3 is 1.90 bits per heavy atom. The minimum absolute atomic E-state index is 0.0171. The molecular weight excluding hydrogens is 1160 g/mol. The second-order valence-electron chi connectivity index (χ2n) is 15.3. The fourth-order valence-electron chi connectivity index (χ4n) is 7.07. The molecule has 35 heteroatoms. The van der Waals surface area contributed by atoms with Crippen LogP contribution in [-0.4, -0.2) is 81.9 Å². The molecule has 414 valence electrons. The lowest BCUT2D eigenvalue weighted by molar-refractivity contribution is -0.432. The zero-order valence-electron chi connectivity index (χ0n) is 40.3. The number of hydrogen-bond donors (Lipinski definition) is 8. The van der Waals surface area contributed by atoms with E-state index in [-0.39, 0.29) is 85.3 Å². The van der Waals surface area contributed by atoms with Crippen molar-refractivity contribution in [3.63, 3.8) is 0 Å². The number of azo groups is 3. The van der Waals surface area contributed by atoms with Crippen LogP contribution in [-0.2, 0) is 53.1 Å². The number of anilines is 4. The molecule has 0 aliphatic rings. The molecule has 0 aliphatic heterocycles. The second-order valence-corrected chi connectivity index (χ2v) is 20.3. The molecule has 0 atom stereocenters. The quantitative estimate of drug-likeness (QED) is 0.00501. The lowest BCUT2D eigenvalue weighted by Crippen LogP contribution is -2.07. The van der Waals surface area contributed by atoms with E-state index in [1.807, 2.05) is 0 Å². The fraction of sp³-hybridized carbons (Fsp3) is 0.0667. The van der Waals surface area contributed by atoms with E-state index in [4.69, 9.17) is 25.2 Å². The Bertz CT molecular complexity index is 3910. The predicted octanol–water partition coefficient (Wildman–Crippen LogP) is 13.1. The first kappa shape index (κ1) is 58.2. The topological polar surface area (TPSA) is 413 Å². The Hall–Kier alpha value is -7.95. The number of benzene rings is 7. The molecule has 0 spiro atoms. The van der Waals surface area contributed by atoms with Crippen molar-refractivity contribution in [2.75, 3.05) is 24.4 Å². The van der Waals surface area contributed by atoms with E-state index in [1.165, 1.54) is 43.5 Å². The van der Waals surface area contributed by atoms with Gasteiger partial charge >= 0.3 is 0 Å². The maximum Gasteiger partial charge on any atom is 0.297 e. The number of aromatic hydroxyl groups is 1. The minimum Gasteiger partial charge on any atom is -0.505 e. The molecule has 0 aliphatic carbocycles. The third kappa shape index (κ3) is 14.6. The van der Waals surface area contributed by atoms with Crippen LogP contribution in [0.2, 0.25) is 0 Å². The van der Waals surface area contributed by atoms with Crippen molar-refractivity contribution in [3.05, 3.63) is 116 Å². The SMILES string of the molecule is CCOc1cc(N=Nc2ccc(N=Nc3ccc(SOOO)cc3)c3cc(SOOO)ccc23)c(N=COC)cc1N=Nc1c(SOOO)cc2c(S(=O)(=O)O)c(Nc3ncnc(Nc4ccc(S(=O)(=O)O)cc4)n3)ccc2c1O. The van der Waals surface area contributed by atoms with E-state index in [0.29, 0.717) is 43.3 Å². The van der Waals surface area contributed by atoms with Crippen LogP contribution in [0.15, 0.2) is 176 Å². The summed E-state index contributed by atoms with van der Waals surface area (Å²) >= 11 is 1.77. The number of fused-ring (bicyclic) bond motifs is 2. The molecule has 8 rings (SSSR count). The first-order valence-corrected chi connectivity index (χ1v) is 27.0. The third-order valence-corrected chi connectivity index (χ3v) is 14.0. The lowest BCUT2D eigenvalue weighted by atomic mass is 10.1. The van der Waals surface area contributed by atoms with E-state index >= 15 is 0 Å². The zero-order valence-corrected chi connectivity index (χ0v) is 44.4. The average Bonchev–Trinajstić information content (AvgIpc) is 3.49. The van der Waals surface area contributed by atoms with E-state index in [1.54, 1.807) is 61.5 Å². The second kappa shape index (κ2) is 26.8. The Morgan fingerprint density at radius 1 is 0.600 bits per heavy atom. The van der Waals surface area contributed by atoms with Crippen LogP contribution in [0.4, 0.5) is 63.1 Å². The van der Waals surface area contributed by atoms with Gasteiger partial charge in [-0.25, -0.2) is 30.7 Å². The van der Waals surface area contributed by atoms with Gasteiger partial charge in [-0.2, -0.15) is 26.9 Å². The van der Waals surface area contributed by atoms with Gasteiger partial charge in [-0.1, -0.05) is 21.2 Å². The van der Waals surface area contributed by atoms with Crippen LogP contribution in [0, 0.1) is 0 Å². The van der Waals surface area contributed by atoms with Gasteiger partial charge in [0.2, 0.25) is 11.9 Å². The van der Waals surface area contributed by atoms with Crippen LogP contribution in [0.25, 0.3) is 21.5 Å². The van der Waals surface area contributed by atoms with Gasteiger partial charge in [0, 0.05) is 43.1 Å². The summed E-state index contributed by atoms with van der Waals surface area (Å²) in [6.45, 7) is 1.81. The van der Waals surface area contributed by atoms with Gasteiger partial charge in [0.1, 0.15) is 34.0 Å². The number of nitrogens with one attached hydrogen (secondary N) is 2. The fourth-order valence-corrected chi connectivity index (χ4v) is 9.63. The Labute approximate surface area is 462 Å². The number of aliphatic imine (C=N–C) groups is 1. The van der Waals surface area contributed by atoms with Gasteiger partial charge in [0.15, 0.2) is 12.2 Å². The predicted molar refractivity (Wildman–Crippen MR) is 286 cm³/mol. The molecule has 30 nitrogen and oxygen atoms in total. The molecule has 0 amide bonds. The number of aromatic nitrogens is 3. The number of nitrogens with zero attached hydrogens (tertiary/aromatic N) is 10. The van der Waals surface area contributed by atoms with Crippen molar-refractivity contribution in [3.8, 4) is 11.5 Å². The van der Waals surface area contributed by atoms with Gasteiger partial charge in [0.25, 0.3) is 20.2 Å². The molecule has 80 heavy (non-hydrogen) atoms. The van der Waals surface area contributed by atoms with E-state index in [0.717, 1.165) is 55.0 Å². The van der Waals surface area contributed by atoms with Crippen LogP contribution in [0.1, 0.15) is 6.92 Å². The minimum atomic E-state index is -5.17. The molecular formula is C45H36N12O18S5. The van der Waals surface area contributed by atoms with Crippen molar-refractivity contribution in [1.82, 2.24) is 15.0 Å². The van der Waals surface area contributed by atoms with Crippen LogP contribution >= 0.6 is 36.1 Å². The molecule has 0 saturated heterocycles. The maximum absolute atomic E-state index is 13.2. The number of phenolic OH excluding ortho intramolecular Hbond substituents is 1. The number of ether oxygens (including phenoxy) is 2. The van der Waals surface area contributed by atoms with Gasteiger partial charge in [-0.05, 0) is 104 Å². The molecule has 8 N–H and O–H groups in total. The molecule has 7 aromatic carbocycles. The highest BCUT2D eigenvalue weighted by Gasteiger charge is 2.26. The summed E-state index contributed by atoms with van der Waals surface area (Å²) in [6, 6.07) is 26.4. The monoisotopic (exact) mass is 1190 g/mol. The molecule has 8 aromatic rings. The van der Waals surface area contributed by atoms with Gasteiger partial charge in [0.05, 0.1) is 88.1 Å². The first-order valence-electron chi connectivity index (χ1n) is 21.9. The third-order valence-electron chi connectivity index (χ3n) is 10.4. The molecule has 0 radical (unpaired) electrons. The van der Waals surface area contributed by atoms with Crippen molar-refractivity contribution in [2.24, 2.45) is 35.7 Å². The summed E-state index contributed by atoms with van der Waals surface area (Å²) in [6.07, 6.45) is 2.18. The summed E-state index contributed by atoms with van der Waals surface area (Å²) in [4.78, 5) is 16.3. The highest BCUT2D eigenvalue weighted by atomic mass is 32.2. The van der Waals surface area contributed by atoms with Gasteiger partial charge in [-0.15, -0.1) is 38.6 Å². The van der Waals surface area contributed by atoms with Crippen LogP contribution < -0.4 is 15.4 Å². The van der Waals surface area contributed by atoms with Crippen molar-refractivity contribution >= 4 is 147 Å². The summed E-state index contributed by atoms with van der Waals surface area (Å²) < 4.78 is 94.0. The lowest BCUT2D eigenvalue weighted by Gasteiger charge is -2.15. The van der Waals surface area contributed by atoms with Crippen LogP contribution in [0.5, 0.6) is 11.5 Å². The number of phenols is 1. The van der Waals surface area contributed by atoms with E-state index < -0.39 is 30.9 Å². The number of methoxy groups -OCH3 is 1. The molecule has 1 aromatic heterocycles. The average molecular weight is 1190 g/mol. The standard InChI is InChI=1S/C45H36N12O18S5/c1-3-69-39-21-37(55-54-33-16-17-34(31-18-27(77-74-71-60)10-13-29(31)33)53-52-25-4-8-26(9-5-25)76-73-70-59)36(48-23-68-2)20-38(39)56-57-41-40(78-75-72-61)19-32-30(42(41)58)14-15-35(43(32)80(65,66)67)50-45-47-22-46-44(51-45)49-24-6-11-28(12-7-24)79(62,63)64/h4-23,58-61H,3H2,1-2H3,(H,62,63,64)(H,65,66,67)(H2,46,47,49,50,51). The Morgan fingerprint density at radius 2 is 1.23 bits per heavy atom. The maximum atomic E-state index is 13.2. The molecule has 1 heterocycles. The molecule has 0 saturated carbocycles. The van der Waals surface area contributed by atoms with Crippen molar-refractivity contribution in [1.29, 1.82) is 0 Å². The Kier molecular flexibility index (Phi) is 19.5. The molecule has 0 fully saturated rings. The molecule has 0 bridgehead atoms. The largest absolute Gasteiger partial charge is 0.505 e. The summed E-state index contributed by atoms with van der Waals surface area (Å²) in [7, 11) is -8.27. The van der Waals surface area contributed by atoms with Crippen LogP contribution in [0.3, 0.4) is 0 Å². The number of rotatable bonds is 25. The Balaban J connectivity index is 1.14. The summed E-state index contributed by atoms with van der Waals surface area (Å²) in [5.41, 5.74) is 1.20. The van der Waals surface area contributed by atoms with Gasteiger partial charge < -0.3 is 25.2 Å². The summed E-state index contributed by atoms with van der Waals surface area (Å²) in [5.74, 6) is -0.924. The molecule has 0 unspecified atom stereocenters. The van der Waals surface area contributed by atoms with E-state index in [9.17, 15) is 31.0 Å². The van der Waals surface area contributed by atoms with Gasteiger partial charge in [-0.3, -0.25) is 9.11 Å². The first-order chi connectivity index (χ1) is 38.6. The normalized spacial score (nSPS) is 12.2. The highest BCUT2D eigenvalue weighted by molar-refractivity contribution is 7.95. The number of hydrogen-bond acceptors (Lipinski definition) is 31. The highest BCUT2D eigenvalue weighted by Crippen LogP contribution is 2.49. The smallest absolute Gasteiger partial charge is 0.297 e. The van der Waals surface area contributed by atoms with Crippen molar-refractivity contribution in [2.45, 2.75) is 31.4 Å². The zero-order chi connectivity index (χ0) is 56.8. The summed E-state index contributed by atoms with van der Waals surface area (Å²) in [5, 5.41) is 82.0. The van der Waals surface area contributed by atoms with Crippen molar-refractivity contribution < 1.29 is 84.4 Å².